The number of aliphatic carboxylic acids is 1. The molecule has 0 fully saturated rings. The van der Waals surface area contributed by atoms with Gasteiger partial charge in [0.2, 0.25) is 0 Å². The number of H-pyrrole nitrogens is 1. The summed E-state index contributed by atoms with van der Waals surface area (Å²) in [5.41, 5.74) is 7.43. The first-order valence-corrected chi connectivity index (χ1v) is 4.72. The zero-order valence-electron chi connectivity index (χ0n) is 8.10. The molecule has 82 valence electrons. The van der Waals surface area contributed by atoms with Crippen molar-refractivity contribution >= 4 is 76.0 Å². The predicted octanol–water partition coefficient (Wildman–Crippen LogP) is -0.175. The molecule has 0 aliphatic carbocycles. The predicted molar refractivity (Wildman–Crippen MR) is 71.9 cm³/mol. The number of carboxylic acid groups (broad SMARTS) is 1. The van der Waals surface area contributed by atoms with E-state index < -0.39 is 12.0 Å². The number of nitrogens with one attached hydrogen (secondary N) is 1. The minimum absolute atomic E-state index is 0. The normalized spacial score (nSPS) is 11.4. The van der Waals surface area contributed by atoms with Crippen molar-refractivity contribution in [1.82, 2.24) is 4.98 Å². The topological polar surface area (TPSA) is 79.1 Å². The van der Waals surface area contributed by atoms with Crippen molar-refractivity contribution in [2.75, 3.05) is 0 Å². The third kappa shape index (κ3) is 4.10. The molecule has 1 atom stereocenters. The summed E-state index contributed by atoms with van der Waals surface area (Å²) in [5.74, 6) is -0.972. The summed E-state index contributed by atoms with van der Waals surface area (Å²) in [6.07, 6.45) is 2.16. The Morgan fingerprint density at radius 2 is 2.00 bits per heavy atom. The SMILES string of the molecule is N[C@@H](Cc1c[nH]c2ccccc12)C(=O)O.[NaH].[NaH]. The Balaban J connectivity index is 0.00000128. The van der Waals surface area contributed by atoms with Crippen molar-refractivity contribution in [2.45, 2.75) is 12.5 Å². The number of rotatable bonds is 3. The number of carbonyl (C=O) groups is 1. The van der Waals surface area contributed by atoms with E-state index in [4.69, 9.17) is 10.8 Å². The summed E-state index contributed by atoms with van der Waals surface area (Å²) in [7, 11) is 0. The standard InChI is InChI=1S/C11H12N2O2.2Na.2H/c12-9(11(14)15)5-7-6-13-10-4-2-1-3-8(7)10;;;;/h1-4,6,9,13H,5,12H2,(H,14,15);;;;/t9-;;;;/m0..../s1. The van der Waals surface area contributed by atoms with Crippen LogP contribution in [0.3, 0.4) is 0 Å². The van der Waals surface area contributed by atoms with Gasteiger partial charge in [-0.25, -0.2) is 0 Å². The molecular formula is C11H14N2Na2O2. The van der Waals surface area contributed by atoms with Crippen LogP contribution in [0.1, 0.15) is 5.56 Å². The van der Waals surface area contributed by atoms with Crippen LogP contribution in [0, 0.1) is 0 Å². The molecule has 0 saturated carbocycles. The monoisotopic (exact) mass is 252 g/mol. The van der Waals surface area contributed by atoms with E-state index in [-0.39, 0.29) is 59.1 Å². The van der Waals surface area contributed by atoms with Crippen molar-refractivity contribution < 1.29 is 9.90 Å². The van der Waals surface area contributed by atoms with Crippen LogP contribution in [0.25, 0.3) is 10.9 Å². The quantitative estimate of drug-likeness (QED) is 0.663. The van der Waals surface area contributed by atoms with E-state index in [1.807, 2.05) is 30.5 Å². The number of fused-ring (bicyclic) bond motifs is 1. The van der Waals surface area contributed by atoms with E-state index in [1.54, 1.807) is 0 Å². The number of hydrogen-bond donors (Lipinski definition) is 3. The number of benzene rings is 1. The van der Waals surface area contributed by atoms with Gasteiger partial charge in [-0.3, -0.25) is 4.79 Å². The van der Waals surface area contributed by atoms with E-state index in [0.717, 1.165) is 16.5 Å². The maximum atomic E-state index is 10.6. The fraction of sp³-hybridized carbons (Fsp3) is 0.182. The van der Waals surface area contributed by atoms with Gasteiger partial charge >= 0.3 is 65.1 Å². The number of nitrogens with two attached hydrogens (primary N) is 1. The van der Waals surface area contributed by atoms with Gasteiger partial charge in [0, 0.05) is 23.5 Å². The average molecular weight is 252 g/mol. The molecule has 0 aliphatic heterocycles. The molecule has 1 heterocycles. The van der Waals surface area contributed by atoms with Gasteiger partial charge in [-0.1, -0.05) is 18.2 Å². The molecule has 4 nitrogen and oxygen atoms in total. The third-order valence-electron chi connectivity index (χ3n) is 2.43. The fourth-order valence-corrected chi connectivity index (χ4v) is 1.62. The Kier molecular flexibility index (Phi) is 7.67. The van der Waals surface area contributed by atoms with Gasteiger partial charge in [-0.15, -0.1) is 0 Å². The van der Waals surface area contributed by atoms with Gasteiger partial charge in [0.15, 0.2) is 0 Å². The molecule has 0 spiro atoms. The van der Waals surface area contributed by atoms with E-state index in [1.165, 1.54) is 0 Å². The minimum atomic E-state index is -0.972. The van der Waals surface area contributed by atoms with Crippen molar-refractivity contribution in [1.29, 1.82) is 0 Å². The number of aromatic nitrogens is 1. The molecule has 17 heavy (non-hydrogen) atoms. The molecule has 0 amide bonds. The summed E-state index contributed by atoms with van der Waals surface area (Å²) in [6, 6.07) is 6.91. The summed E-state index contributed by atoms with van der Waals surface area (Å²) < 4.78 is 0. The van der Waals surface area contributed by atoms with Crippen LogP contribution in [0.2, 0.25) is 0 Å². The first kappa shape index (κ1) is 17.2. The molecule has 1 aromatic carbocycles. The Morgan fingerprint density at radius 1 is 1.35 bits per heavy atom. The summed E-state index contributed by atoms with van der Waals surface area (Å²) >= 11 is 0. The van der Waals surface area contributed by atoms with Gasteiger partial charge < -0.3 is 15.8 Å². The molecule has 0 unspecified atom stereocenters. The molecule has 1 aromatic heterocycles. The second-order valence-corrected chi connectivity index (χ2v) is 3.51. The van der Waals surface area contributed by atoms with E-state index >= 15 is 0 Å². The number of para-hydroxylation sites is 1. The number of hydrogen-bond acceptors (Lipinski definition) is 2. The van der Waals surface area contributed by atoms with E-state index in [2.05, 4.69) is 4.98 Å². The molecule has 2 rings (SSSR count). The van der Waals surface area contributed by atoms with E-state index in [0.29, 0.717) is 6.42 Å². The molecule has 2 aromatic rings. The molecule has 6 heteroatoms. The molecule has 0 radical (unpaired) electrons. The summed E-state index contributed by atoms with van der Waals surface area (Å²) in [6.45, 7) is 0. The van der Waals surface area contributed by atoms with Gasteiger partial charge in [0.25, 0.3) is 0 Å². The molecule has 0 aliphatic rings. The van der Waals surface area contributed by atoms with Crippen molar-refractivity contribution in [3.05, 3.63) is 36.0 Å². The average Bonchev–Trinajstić information content (AvgIpc) is 2.62. The first-order valence-electron chi connectivity index (χ1n) is 4.72. The van der Waals surface area contributed by atoms with Crippen LogP contribution < -0.4 is 5.73 Å². The van der Waals surface area contributed by atoms with Crippen LogP contribution in [-0.2, 0) is 11.2 Å². The van der Waals surface area contributed by atoms with Crippen molar-refractivity contribution in [3.63, 3.8) is 0 Å². The summed E-state index contributed by atoms with van der Waals surface area (Å²) in [5, 5.41) is 9.75. The second-order valence-electron chi connectivity index (χ2n) is 3.51. The van der Waals surface area contributed by atoms with Gasteiger partial charge in [-0.2, -0.15) is 0 Å². The van der Waals surface area contributed by atoms with Gasteiger partial charge in [0.05, 0.1) is 0 Å². The van der Waals surface area contributed by atoms with Crippen LogP contribution in [0.15, 0.2) is 30.5 Å². The van der Waals surface area contributed by atoms with Crippen LogP contribution in [0.5, 0.6) is 0 Å². The Labute approximate surface area is 144 Å². The Hall–Kier alpha value is 0.190. The number of aromatic amines is 1. The zero-order valence-corrected chi connectivity index (χ0v) is 8.10. The molecular weight excluding hydrogens is 238 g/mol. The van der Waals surface area contributed by atoms with Crippen molar-refractivity contribution in [2.24, 2.45) is 5.73 Å². The van der Waals surface area contributed by atoms with Crippen LogP contribution in [0.4, 0.5) is 0 Å². The molecule has 0 bridgehead atoms. The molecule has 0 saturated heterocycles. The van der Waals surface area contributed by atoms with Crippen LogP contribution in [-0.4, -0.2) is 81.2 Å². The van der Waals surface area contributed by atoms with Crippen LogP contribution >= 0.6 is 0 Å². The van der Waals surface area contributed by atoms with Gasteiger partial charge in [-0.05, 0) is 11.6 Å². The first-order chi connectivity index (χ1) is 7.18. The Morgan fingerprint density at radius 3 is 2.65 bits per heavy atom. The Bertz CT molecular complexity index is 499. The fourth-order valence-electron chi connectivity index (χ4n) is 1.62. The van der Waals surface area contributed by atoms with Crippen molar-refractivity contribution in [3.8, 4) is 0 Å². The zero-order chi connectivity index (χ0) is 10.8. The second kappa shape index (κ2) is 7.59. The van der Waals surface area contributed by atoms with E-state index in [9.17, 15) is 4.79 Å². The number of carboxylic acids is 1. The third-order valence-corrected chi connectivity index (χ3v) is 2.43. The summed E-state index contributed by atoms with van der Waals surface area (Å²) in [4.78, 5) is 13.7. The molecule has 4 N–H and O–H groups in total. The maximum absolute atomic E-state index is 10.6. The van der Waals surface area contributed by atoms with Gasteiger partial charge in [0.1, 0.15) is 6.04 Å².